The molecule has 0 bridgehead atoms. The van der Waals surface area contributed by atoms with Crippen LogP contribution in [0.25, 0.3) is 0 Å². The molecule has 0 spiro atoms. The molecular formula is C13H16N3NaO8S. The summed E-state index contributed by atoms with van der Waals surface area (Å²) in [4.78, 5) is 34.2. The van der Waals surface area contributed by atoms with Crippen molar-refractivity contribution in [3.8, 4) is 0 Å². The first-order chi connectivity index (χ1) is 11.7. The number of carbonyl (C=O) groups excluding carboxylic acids is 3. The summed E-state index contributed by atoms with van der Waals surface area (Å²) in [6.07, 6.45) is -2.19. The monoisotopic (exact) mass is 397 g/mol. The molecule has 0 aromatic heterocycles. The van der Waals surface area contributed by atoms with Gasteiger partial charge in [-0.05, 0) is 5.56 Å². The molecule has 2 rings (SSSR count). The fraction of sp³-hybridized carbons (Fsp3) is 0.308. The Morgan fingerprint density at radius 1 is 1.27 bits per heavy atom. The van der Waals surface area contributed by atoms with E-state index in [2.05, 4.69) is 10.1 Å². The van der Waals surface area contributed by atoms with Gasteiger partial charge < -0.3 is 22.0 Å². The maximum atomic E-state index is 11.8. The van der Waals surface area contributed by atoms with Crippen LogP contribution in [0, 0.1) is 0 Å². The molecular weight excluding hydrogens is 381 g/mol. The van der Waals surface area contributed by atoms with Gasteiger partial charge in [-0.1, -0.05) is 30.3 Å². The molecule has 1 saturated heterocycles. The van der Waals surface area contributed by atoms with Crippen molar-refractivity contribution < 1.29 is 67.8 Å². The number of benzene rings is 1. The van der Waals surface area contributed by atoms with Gasteiger partial charge in [-0.2, -0.15) is 8.42 Å². The van der Waals surface area contributed by atoms with E-state index in [0.717, 1.165) is 0 Å². The van der Waals surface area contributed by atoms with E-state index in [1.165, 1.54) is 0 Å². The molecule has 1 aliphatic rings. The van der Waals surface area contributed by atoms with Gasteiger partial charge in [0.05, 0.1) is 0 Å². The van der Waals surface area contributed by atoms with Crippen LogP contribution in [-0.4, -0.2) is 54.1 Å². The Hall–Kier alpha value is -1.86. The zero-order valence-corrected chi connectivity index (χ0v) is 16.5. The summed E-state index contributed by atoms with van der Waals surface area (Å²) in [5, 5.41) is 2.15. The molecule has 0 aliphatic carbocycles. The van der Waals surface area contributed by atoms with E-state index < -0.39 is 47.1 Å². The van der Waals surface area contributed by atoms with Crippen molar-refractivity contribution in [3.05, 3.63) is 35.9 Å². The third kappa shape index (κ3) is 5.57. The number of hydrogen-bond acceptors (Lipinski definition) is 7. The number of nitrogens with zero attached hydrogens (tertiary/aromatic N) is 1. The van der Waals surface area contributed by atoms with Gasteiger partial charge in [0.25, 0.3) is 5.91 Å². The first-order valence-electron chi connectivity index (χ1n) is 6.90. The normalized spacial score (nSPS) is 19.0. The van der Waals surface area contributed by atoms with Crippen molar-refractivity contribution in [3.63, 3.8) is 0 Å². The molecule has 1 fully saturated rings. The Bertz CT molecular complexity index is 779. The Kier molecular flexibility index (Phi) is 7.84. The van der Waals surface area contributed by atoms with Gasteiger partial charge in [-0.25, -0.2) is 13.9 Å². The van der Waals surface area contributed by atoms with Crippen LogP contribution in [-0.2, 0) is 31.2 Å². The van der Waals surface area contributed by atoms with Gasteiger partial charge in [0, 0.05) is 0 Å². The van der Waals surface area contributed by atoms with E-state index in [1.807, 2.05) is 0 Å². The Morgan fingerprint density at radius 3 is 2.42 bits per heavy atom. The molecule has 1 aromatic carbocycles. The second kappa shape index (κ2) is 9.19. The maximum Gasteiger partial charge on any atom is 1.00 e. The zero-order chi connectivity index (χ0) is 18.6. The van der Waals surface area contributed by atoms with E-state index in [-0.39, 0.29) is 41.9 Å². The summed E-state index contributed by atoms with van der Waals surface area (Å²) in [5.74, 6) is -1.10. The van der Waals surface area contributed by atoms with Crippen molar-refractivity contribution in [1.82, 2.24) is 9.62 Å². The molecule has 1 aromatic rings. The number of alkyl carbamates (subject to hydrolysis) is 1. The van der Waals surface area contributed by atoms with E-state index in [0.29, 0.717) is 5.56 Å². The third-order valence-corrected chi connectivity index (χ3v) is 4.25. The van der Waals surface area contributed by atoms with Gasteiger partial charge in [-0.3, -0.25) is 9.35 Å². The topological polar surface area (TPSA) is 165 Å². The van der Waals surface area contributed by atoms with Crippen LogP contribution >= 0.6 is 0 Å². The molecule has 2 atom stereocenters. The Balaban J connectivity index is 0.00000338. The summed E-state index contributed by atoms with van der Waals surface area (Å²) in [6, 6.07) is 6.00. The number of amides is 3. The van der Waals surface area contributed by atoms with Crippen LogP contribution in [0.4, 0.5) is 9.59 Å². The second-order valence-electron chi connectivity index (χ2n) is 4.99. The van der Waals surface area contributed by atoms with E-state index in [9.17, 15) is 22.8 Å². The fourth-order valence-electron chi connectivity index (χ4n) is 2.18. The van der Waals surface area contributed by atoms with Crippen LogP contribution in [0.2, 0.25) is 0 Å². The van der Waals surface area contributed by atoms with Crippen molar-refractivity contribution in [2.75, 3.05) is 6.61 Å². The minimum absolute atomic E-state index is 0. The van der Waals surface area contributed by atoms with Gasteiger partial charge in [0.2, 0.25) is 0 Å². The van der Waals surface area contributed by atoms with Crippen molar-refractivity contribution in [2.45, 2.75) is 18.7 Å². The molecule has 1 heterocycles. The van der Waals surface area contributed by atoms with Crippen LogP contribution in [0.15, 0.2) is 30.3 Å². The van der Waals surface area contributed by atoms with Gasteiger partial charge in [0.1, 0.15) is 25.3 Å². The van der Waals surface area contributed by atoms with Crippen molar-refractivity contribution in [2.24, 2.45) is 5.73 Å². The number of hydrogen-bond donors (Lipinski definition) is 3. The fourth-order valence-corrected chi connectivity index (χ4v) is 3.05. The third-order valence-electron chi connectivity index (χ3n) is 3.30. The van der Waals surface area contributed by atoms with Crippen molar-refractivity contribution >= 4 is 28.4 Å². The number of nitrogens with one attached hydrogen (secondary N) is 1. The standard InChI is InChI=1S/C13H15N3O8S.Na.H/c14-12(18)23-7-9-10(11(17)16(9)25(20,21)22)15-13(19)24-6-8-4-2-1-3-5-8;;/h1-5,9-10H,6-7H2,(H2,14,18)(H,15,19)(H,20,21,22);;/q;+1;-1/t9-,10+;;/m1../s1. The van der Waals surface area contributed by atoms with E-state index in [1.54, 1.807) is 30.3 Å². The average molecular weight is 397 g/mol. The minimum Gasteiger partial charge on any atom is -1.00 e. The van der Waals surface area contributed by atoms with E-state index in [4.69, 9.17) is 15.0 Å². The van der Waals surface area contributed by atoms with Crippen LogP contribution in [0.1, 0.15) is 6.99 Å². The minimum atomic E-state index is -4.88. The Labute approximate surface area is 172 Å². The molecule has 0 saturated carbocycles. The molecule has 3 amide bonds. The summed E-state index contributed by atoms with van der Waals surface area (Å²) < 4.78 is 40.8. The molecule has 26 heavy (non-hydrogen) atoms. The summed E-state index contributed by atoms with van der Waals surface area (Å²) in [7, 11) is -4.88. The van der Waals surface area contributed by atoms with Gasteiger partial charge in [0.15, 0.2) is 0 Å². The molecule has 138 valence electrons. The smallest absolute Gasteiger partial charge is 1.00 e. The molecule has 0 radical (unpaired) electrons. The Morgan fingerprint density at radius 2 is 1.88 bits per heavy atom. The predicted molar refractivity (Wildman–Crippen MR) is 82.4 cm³/mol. The number of ether oxygens (including phenoxy) is 2. The van der Waals surface area contributed by atoms with Crippen LogP contribution in [0.5, 0.6) is 0 Å². The van der Waals surface area contributed by atoms with Crippen LogP contribution < -0.4 is 40.6 Å². The quantitative estimate of drug-likeness (QED) is 0.253. The van der Waals surface area contributed by atoms with Gasteiger partial charge >= 0.3 is 52.0 Å². The molecule has 1 aliphatic heterocycles. The molecule has 4 N–H and O–H groups in total. The maximum absolute atomic E-state index is 11.8. The van der Waals surface area contributed by atoms with Crippen LogP contribution in [0.3, 0.4) is 0 Å². The summed E-state index contributed by atoms with van der Waals surface area (Å²) in [5.41, 5.74) is 5.48. The largest absolute Gasteiger partial charge is 1.00 e. The number of primary amides is 1. The number of nitrogens with two attached hydrogens (primary N) is 1. The number of β-lactam (4-membered cyclic amide) rings is 1. The average Bonchev–Trinajstić information content (AvgIpc) is 2.53. The first-order valence-corrected chi connectivity index (χ1v) is 8.30. The van der Waals surface area contributed by atoms with Gasteiger partial charge in [-0.15, -0.1) is 0 Å². The number of rotatable bonds is 6. The molecule has 13 heteroatoms. The predicted octanol–water partition coefficient (Wildman–Crippen LogP) is -3.49. The van der Waals surface area contributed by atoms with E-state index >= 15 is 0 Å². The summed E-state index contributed by atoms with van der Waals surface area (Å²) in [6.45, 7) is -0.706. The first kappa shape index (κ1) is 22.2. The number of carbonyl (C=O) groups is 3. The molecule has 11 nitrogen and oxygen atoms in total. The second-order valence-corrected chi connectivity index (χ2v) is 6.28. The zero-order valence-electron chi connectivity index (χ0n) is 14.7. The molecule has 0 unspecified atom stereocenters. The van der Waals surface area contributed by atoms with Crippen molar-refractivity contribution in [1.29, 1.82) is 0 Å². The summed E-state index contributed by atoms with van der Waals surface area (Å²) >= 11 is 0. The SMILES string of the molecule is NC(=O)OC[C@@H]1[C@H](NC(=O)OCc2ccccc2)C(=O)N1S(=O)(=O)O.[H-].[Na+].